The van der Waals surface area contributed by atoms with Crippen LogP contribution in [0, 0.1) is 0 Å². The van der Waals surface area contributed by atoms with Crippen LogP contribution in [0.2, 0.25) is 0 Å². The molecule has 0 radical (unpaired) electrons. The van der Waals surface area contributed by atoms with Crippen LogP contribution >= 0.6 is 47.0 Å². The number of thioether (sulfide) groups is 4. The zero-order chi connectivity index (χ0) is 19.0. The zero-order valence-electron chi connectivity index (χ0n) is 14.7. The normalized spacial score (nSPS) is 10.8. The molecule has 0 aromatic heterocycles. The van der Waals surface area contributed by atoms with Crippen LogP contribution in [0.5, 0.6) is 0 Å². The average molecular weight is 435 g/mol. The first-order chi connectivity index (χ1) is 12.6. The molecule has 0 amide bonds. The minimum atomic E-state index is -0.725. The van der Waals surface area contributed by atoms with E-state index in [0.717, 1.165) is 34.5 Å². The zero-order valence-corrected chi connectivity index (χ0v) is 18.0. The highest BCUT2D eigenvalue weighted by Crippen LogP contribution is 2.22. The number of benzene rings is 1. The van der Waals surface area contributed by atoms with Crippen molar-refractivity contribution in [2.45, 2.75) is 24.3 Å². The molecule has 0 aliphatic heterocycles. The van der Waals surface area contributed by atoms with E-state index in [9.17, 15) is 9.59 Å². The van der Waals surface area contributed by atoms with E-state index in [0.29, 0.717) is 11.5 Å². The van der Waals surface area contributed by atoms with Crippen molar-refractivity contribution >= 4 is 59.0 Å². The molecular formula is C18H26O4S4. The SMILES string of the molecule is O=C(O)CCSCCSCc1ccccc1CSCCSCCC(=O)O. The molecule has 0 saturated carbocycles. The lowest BCUT2D eigenvalue weighted by atomic mass is 10.1. The Hall–Kier alpha value is -0.440. The van der Waals surface area contributed by atoms with Gasteiger partial charge < -0.3 is 10.2 Å². The number of carbonyl (C=O) groups is 2. The van der Waals surface area contributed by atoms with Gasteiger partial charge in [-0.3, -0.25) is 9.59 Å². The Morgan fingerprint density at radius 2 is 1.04 bits per heavy atom. The predicted molar refractivity (Wildman–Crippen MR) is 118 cm³/mol. The Kier molecular flexibility index (Phi) is 14.2. The molecule has 26 heavy (non-hydrogen) atoms. The molecule has 4 nitrogen and oxygen atoms in total. The van der Waals surface area contributed by atoms with Gasteiger partial charge in [-0.25, -0.2) is 0 Å². The van der Waals surface area contributed by atoms with E-state index in [1.165, 1.54) is 11.1 Å². The summed E-state index contributed by atoms with van der Waals surface area (Å²) in [5.41, 5.74) is 2.75. The number of aliphatic carboxylic acids is 2. The third kappa shape index (κ3) is 12.8. The summed E-state index contributed by atoms with van der Waals surface area (Å²) in [6.45, 7) is 0. The Morgan fingerprint density at radius 1 is 0.654 bits per heavy atom. The first-order valence-corrected chi connectivity index (χ1v) is 13.0. The third-order valence-electron chi connectivity index (χ3n) is 3.30. The van der Waals surface area contributed by atoms with Gasteiger partial charge in [0.15, 0.2) is 0 Å². The summed E-state index contributed by atoms with van der Waals surface area (Å²) in [6.07, 6.45) is 0.480. The second-order valence-corrected chi connectivity index (χ2v) is 10.0. The highest BCUT2D eigenvalue weighted by Gasteiger charge is 2.03. The van der Waals surface area contributed by atoms with E-state index in [2.05, 4.69) is 24.3 Å². The Morgan fingerprint density at radius 3 is 1.42 bits per heavy atom. The summed E-state index contributed by atoms with van der Waals surface area (Å²) in [5, 5.41) is 17.2. The molecule has 2 N–H and O–H groups in total. The van der Waals surface area contributed by atoms with Gasteiger partial charge in [-0.1, -0.05) is 24.3 Å². The topological polar surface area (TPSA) is 74.6 Å². The van der Waals surface area contributed by atoms with Crippen LogP contribution in [0.3, 0.4) is 0 Å². The van der Waals surface area contributed by atoms with Gasteiger partial charge in [0.05, 0.1) is 12.8 Å². The molecule has 8 heteroatoms. The number of carboxylic acids is 2. The van der Waals surface area contributed by atoms with E-state index < -0.39 is 11.9 Å². The molecule has 0 fully saturated rings. The molecule has 0 bridgehead atoms. The van der Waals surface area contributed by atoms with Gasteiger partial charge in [-0.15, -0.1) is 0 Å². The van der Waals surface area contributed by atoms with E-state index in [4.69, 9.17) is 10.2 Å². The number of rotatable bonds is 16. The summed E-state index contributed by atoms with van der Waals surface area (Å²) in [5.74, 6) is 5.95. The standard InChI is InChI=1S/C18H26O4S4/c19-17(20)5-7-23-9-11-25-13-15-3-1-2-4-16(15)14-26-12-10-24-8-6-18(21)22/h1-4H,5-14H2,(H,19,20)(H,21,22). The quantitative estimate of drug-likeness (QED) is 0.367. The Labute approximate surface area is 172 Å². The van der Waals surface area contributed by atoms with Gasteiger partial charge in [0.25, 0.3) is 0 Å². The van der Waals surface area contributed by atoms with Crippen molar-refractivity contribution in [1.29, 1.82) is 0 Å². The molecule has 0 unspecified atom stereocenters. The highest BCUT2D eigenvalue weighted by atomic mass is 32.2. The van der Waals surface area contributed by atoms with Gasteiger partial charge in [0, 0.05) is 46.0 Å². The molecular weight excluding hydrogens is 408 g/mol. The molecule has 0 saturated heterocycles. The maximum atomic E-state index is 10.5. The summed E-state index contributed by atoms with van der Waals surface area (Å²) >= 11 is 7.19. The van der Waals surface area contributed by atoms with Crippen molar-refractivity contribution in [3.05, 3.63) is 35.4 Å². The number of hydrogen-bond acceptors (Lipinski definition) is 6. The van der Waals surface area contributed by atoms with Crippen molar-refractivity contribution in [2.75, 3.05) is 34.5 Å². The minimum absolute atomic E-state index is 0.240. The largest absolute Gasteiger partial charge is 0.481 e. The Bertz CT molecular complexity index is 493. The van der Waals surface area contributed by atoms with Crippen LogP contribution in [-0.2, 0) is 21.1 Å². The molecule has 0 atom stereocenters. The Balaban J connectivity index is 2.15. The highest BCUT2D eigenvalue weighted by molar-refractivity contribution is 8.03. The molecule has 1 aromatic rings. The van der Waals surface area contributed by atoms with Gasteiger partial charge in [-0.2, -0.15) is 47.0 Å². The fourth-order valence-corrected chi connectivity index (χ4v) is 6.19. The van der Waals surface area contributed by atoms with E-state index in [1.807, 2.05) is 23.5 Å². The fraction of sp³-hybridized carbons (Fsp3) is 0.556. The summed E-state index contributed by atoms with van der Waals surface area (Å²) in [6, 6.07) is 8.52. The second-order valence-electron chi connectivity index (χ2n) is 5.39. The lowest BCUT2D eigenvalue weighted by Gasteiger charge is -2.09. The molecule has 0 aliphatic carbocycles. The molecule has 0 aliphatic rings. The van der Waals surface area contributed by atoms with Crippen molar-refractivity contribution in [2.24, 2.45) is 0 Å². The van der Waals surface area contributed by atoms with E-state index >= 15 is 0 Å². The summed E-state index contributed by atoms with van der Waals surface area (Å²) < 4.78 is 0. The molecule has 0 spiro atoms. The first kappa shape index (κ1) is 23.6. The maximum absolute atomic E-state index is 10.5. The van der Waals surface area contributed by atoms with Crippen LogP contribution in [-0.4, -0.2) is 56.7 Å². The van der Waals surface area contributed by atoms with Gasteiger partial charge >= 0.3 is 11.9 Å². The van der Waals surface area contributed by atoms with Crippen LogP contribution in [0.25, 0.3) is 0 Å². The van der Waals surface area contributed by atoms with E-state index in [1.54, 1.807) is 23.5 Å². The van der Waals surface area contributed by atoms with Crippen LogP contribution in [0.1, 0.15) is 24.0 Å². The fourth-order valence-electron chi connectivity index (χ4n) is 1.96. The summed E-state index contributed by atoms with van der Waals surface area (Å²) in [7, 11) is 0. The van der Waals surface area contributed by atoms with Crippen molar-refractivity contribution in [3.8, 4) is 0 Å². The molecule has 1 aromatic carbocycles. The smallest absolute Gasteiger partial charge is 0.304 e. The lowest BCUT2D eigenvalue weighted by molar-refractivity contribution is -0.137. The number of hydrogen-bond donors (Lipinski definition) is 2. The van der Waals surface area contributed by atoms with Crippen molar-refractivity contribution in [1.82, 2.24) is 0 Å². The minimum Gasteiger partial charge on any atom is -0.481 e. The molecule has 146 valence electrons. The molecule has 0 heterocycles. The summed E-state index contributed by atoms with van der Waals surface area (Å²) in [4.78, 5) is 20.9. The first-order valence-electron chi connectivity index (χ1n) is 8.41. The predicted octanol–water partition coefficient (Wildman–Crippen LogP) is 4.57. The van der Waals surface area contributed by atoms with Crippen LogP contribution < -0.4 is 0 Å². The van der Waals surface area contributed by atoms with Gasteiger partial charge in [-0.05, 0) is 11.1 Å². The van der Waals surface area contributed by atoms with Crippen molar-refractivity contribution in [3.63, 3.8) is 0 Å². The van der Waals surface area contributed by atoms with Gasteiger partial charge in [0.2, 0.25) is 0 Å². The molecule has 1 rings (SSSR count). The number of carboxylic acid groups (broad SMARTS) is 2. The average Bonchev–Trinajstić information content (AvgIpc) is 2.60. The monoisotopic (exact) mass is 434 g/mol. The van der Waals surface area contributed by atoms with Crippen molar-refractivity contribution < 1.29 is 19.8 Å². The van der Waals surface area contributed by atoms with Crippen LogP contribution in [0.4, 0.5) is 0 Å². The van der Waals surface area contributed by atoms with Crippen LogP contribution in [0.15, 0.2) is 24.3 Å². The van der Waals surface area contributed by atoms with E-state index in [-0.39, 0.29) is 12.8 Å². The maximum Gasteiger partial charge on any atom is 0.304 e. The third-order valence-corrected chi connectivity index (χ3v) is 7.80. The lowest BCUT2D eigenvalue weighted by Crippen LogP contribution is -1.98. The van der Waals surface area contributed by atoms with Gasteiger partial charge in [0.1, 0.15) is 0 Å². The second kappa shape index (κ2) is 15.6.